The van der Waals surface area contributed by atoms with Gasteiger partial charge in [-0.05, 0) is 41.1 Å². The Hall–Kier alpha value is -1.38. The van der Waals surface area contributed by atoms with Crippen LogP contribution in [-0.2, 0) is 6.18 Å². The van der Waals surface area contributed by atoms with Gasteiger partial charge < -0.3 is 5.32 Å². The van der Waals surface area contributed by atoms with Gasteiger partial charge in [0, 0.05) is 18.3 Å². The van der Waals surface area contributed by atoms with E-state index in [0.717, 1.165) is 28.7 Å². The molecule has 0 unspecified atom stereocenters. The van der Waals surface area contributed by atoms with E-state index in [1.165, 1.54) is 6.07 Å². The number of halogens is 4. The molecule has 0 aliphatic heterocycles. The van der Waals surface area contributed by atoms with Crippen LogP contribution in [-0.4, -0.2) is 16.5 Å². The summed E-state index contributed by atoms with van der Waals surface area (Å²) in [4.78, 5) is 8.42. The maximum absolute atomic E-state index is 12.7. The van der Waals surface area contributed by atoms with Gasteiger partial charge in [0.1, 0.15) is 5.82 Å². The number of hydrogen-bond acceptors (Lipinski definition) is 3. The zero-order valence-electron chi connectivity index (χ0n) is 11.2. The topological polar surface area (TPSA) is 37.8 Å². The molecule has 0 aliphatic rings. The summed E-state index contributed by atoms with van der Waals surface area (Å²) in [5.74, 6) is 0.917. The molecule has 3 nitrogen and oxygen atoms in total. The van der Waals surface area contributed by atoms with Gasteiger partial charge in [-0.1, -0.05) is 19.1 Å². The predicted octanol–water partition coefficient (Wildman–Crippen LogP) is 4.59. The summed E-state index contributed by atoms with van der Waals surface area (Å²) in [6.07, 6.45) is -1.84. The van der Waals surface area contributed by atoms with Crippen molar-refractivity contribution in [3.05, 3.63) is 39.6 Å². The van der Waals surface area contributed by atoms with E-state index in [2.05, 4.69) is 37.9 Å². The molecule has 0 bridgehead atoms. The molecule has 112 valence electrons. The van der Waals surface area contributed by atoms with E-state index in [9.17, 15) is 13.2 Å². The van der Waals surface area contributed by atoms with Crippen molar-refractivity contribution in [3.8, 4) is 11.4 Å². The van der Waals surface area contributed by atoms with E-state index in [1.54, 1.807) is 12.3 Å². The van der Waals surface area contributed by atoms with Crippen molar-refractivity contribution < 1.29 is 13.2 Å². The highest BCUT2D eigenvalue weighted by molar-refractivity contribution is 14.1. The van der Waals surface area contributed by atoms with Gasteiger partial charge in [0.15, 0.2) is 5.82 Å². The lowest BCUT2D eigenvalue weighted by molar-refractivity contribution is -0.137. The molecule has 0 fully saturated rings. The number of nitrogens with zero attached hydrogens (tertiary/aromatic N) is 2. The molecule has 0 saturated heterocycles. The average molecular weight is 407 g/mol. The number of benzene rings is 1. The van der Waals surface area contributed by atoms with Crippen LogP contribution in [0, 0.1) is 3.57 Å². The third-order valence-electron chi connectivity index (χ3n) is 2.73. The number of anilines is 1. The molecule has 0 atom stereocenters. The molecule has 0 aliphatic carbocycles. The molecule has 1 aromatic heterocycles. The second-order valence-electron chi connectivity index (χ2n) is 4.40. The quantitative estimate of drug-likeness (QED) is 0.754. The van der Waals surface area contributed by atoms with Crippen molar-refractivity contribution in [3.63, 3.8) is 0 Å². The molecule has 0 radical (unpaired) electrons. The number of aromatic nitrogens is 2. The van der Waals surface area contributed by atoms with Crippen LogP contribution in [0.3, 0.4) is 0 Å². The minimum absolute atomic E-state index is 0.278. The first kappa shape index (κ1) is 16.0. The van der Waals surface area contributed by atoms with Crippen LogP contribution in [0.5, 0.6) is 0 Å². The van der Waals surface area contributed by atoms with Crippen molar-refractivity contribution >= 4 is 28.4 Å². The van der Waals surface area contributed by atoms with Crippen LogP contribution in [0.25, 0.3) is 11.4 Å². The molecule has 0 saturated carbocycles. The van der Waals surface area contributed by atoms with Gasteiger partial charge in [-0.15, -0.1) is 0 Å². The minimum atomic E-state index is -4.37. The van der Waals surface area contributed by atoms with E-state index in [0.29, 0.717) is 11.4 Å². The molecule has 21 heavy (non-hydrogen) atoms. The van der Waals surface area contributed by atoms with Gasteiger partial charge in [-0.3, -0.25) is 0 Å². The lowest BCUT2D eigenvalue weighted by atomic mass is 10.1. The lowest BCUT2D eigenvalue weighted by Gasteiger charge is -2.10. The average Bonchev–Trinajstić information content (AvgIpc) is 2.46. The van der Waals surface area contributed by atoms with Gasteiger partial charge in [-0.25, -0.2) is 9.97 Å². The summed E-state index contributed by atoms with van der Waals surface area (Å²) in [6, 6.07) is 5.03. The SMILES string of the molecule is CCCNc1nc(-c2cccc(C(F)(F)F)c2)ncc1I. The number of alkyl halides is 3. The van der Waals surface area contributed by atoms with Crippen molar-refractivity contribution in [2.75, 3.05) is 11.9 Å². The fourth-order valence-electron chi connectivity index (χ4n) is 1.71. The molecule has 1 N–H and O–H groups in total. The van der Waals surface area contributed by atoms with Gasteiger partial charge in [0.05, 0.1) is 9.13 Å². The number of nitrogens with one attached hydrogen (secondary N) is 1. The molecule has 0 spiro atoms. The third kappa shape index (κ3) is 4.05. The van der Waals surface area contributed by atoms with E-state index in [1.807, 2.05) is 6.92 Å². The van der Waals surface area contributed by atoms with Crippen LogP contribution in [0.1, 0.15) is 18.9 Å². The smallest absolute Gasteiger partial charge is 0.369 e. The molecular weight excluding hydrogens is 394 g/mol. The Morgan fingerprint density at radius 1 is 1.29 bits per heavy atom. The normalized spacial score (nSPS) is 11.5. The summed E-state index contributed by atoms with van der Waals surface area (Å²) in [5.41, 5.74) is -0.356. The molecule has 7 heteroatoms. The summed E-state index contributed by atoms with van der Waals surface area (Å²) >= 11 is 2.09. The molecule has 0 amide bonds. The molecule has 2 rings (SSSR count). The summed E-state index contributed by atoms with van der Waals surface area (Å²) in [6.45, 7) is 2.77. The van der Waals surface area contributed by atoms with Gasteiger partial charge in [-0.2, -0.15) is 13.2 Å². The molecular formula is C14H13F3IN3. The molecule has 1 heterocycles. The highest BCUT2D eigenvalue weighted by Gasteiger charge is 2.30. The van der Waals surface area contributed by atoms with E-state index in [4.69, 9.17) is 0 Å². The third-order valence-corrected chi connectivity index (χ3v) is 3.52. The van der Waals surface area contributed by atoms with E-state index < -0.39 is 11.7 Å². The largest absolute Gasteiger partial charge is 0.416 e. The Morgan fingerprint density at radius 3 is 2.71 bits per heavy atom. The molecule has 2 aromatic rings. The van der Waals surface area contributed by atoms with Crippen LogP contribution >= 0.6 is 22.6 Å². The van der Waals surface area contributed by atoms with Gasteiger partial charge in [0.2, 0.25) is 0 Å². The fourth-order valence-corrected chi connectivity index (χ4v) is 2.16. The standard InChI is InChI=1S/C14H13F3IN3/c1-2-6-19-13-11(18)8-20-12(21-13)9-4-3-5-10(7-9)14(15,16)17/h3-5,7-8H,2,6H2,1H3,(H,19,20,21). The lowest BCUT2D eigenvalue weighted by Crippen LogP contribution is -2.07. The number of hydrogen-bond donors (Lipinski definition) is 1. The van der Waals surface area contributed by atoms with Crippen LogP contribution in [0.15, 0.2) is 30.5 Å². The van der Waals surface area contributed by atoms with E-state index in [-0.39, 0.29) is 5.82 Å². The minimum Gasteiger partial charge on any atom is -0.369 e. The van der Waals surface area contributed by atoms with Crippen LogP contribution in [0.4, 0.5) is 19.0 Å². The van der Waals surface area contributed by atoms with Gasteiger partial charge in [0.25, 0.3) is 0 Å². The zero-order chi connectivity index (χ0) is 15.5. The Kier molecular flexibility index (Phi) is 5.02. The van der Waals surface area contributed by atoms with E-state index >= 15 is 0 Å². The zero-order valence-corrected chi connectivity index (χ0v) is 13.4. The van der Waals surface area contributed by atoms with Crippen LogP contribution < -0.4 is 5.32 Å². The first-order chi connectivity index (χ1) is 9.91. The second-order valence-corrected chi connectivity index (χ2v) is 5.56. The van der Waals surface area contributed by atoms with Crippen molar-refractivity contribution in [1.82, 2.24) is 9.97 Å². The summed E-state index contributed by atoms with van der Waals surface area (Å²) in [5, 5.41) is 3.14. The van der Waals surface area contributed by atoms with Crippen molar-refractivity contribution in [2.45, 2.75) is 19.5 Å². The van der Waals surface area contributed by atoms with Crippen molar-refractivity contribution in [1.29, 1.82) is 0 Å². The predicted molar refractivity (Wildman–Crippen MR) is 84.0 cm³/mol. The Bertz CT molecular complexity index is 629. The maximum Gasteiger partial charge on any atom is 0.416 e. The Balaban J connectivity index is 2.38. The first-order valence-electron chi connectivity index (χ1n) is 6.36. The molecule has 1 aromatic carbocycles. The summed E-state index contributed by atoms with van der Waals surface area (Å²) in [7, 11) is 0. The second kappa shape index (κ2) is 6.59. The fraction of sp³-hybridized carbons (Fsp3) is 0.286. The number of rotatable bonds is 4. The van der Waals surface area contributed by atoms with Crippen LogP contribution in [0.2, 0.25) is 0 Å². The highest BCUT2D eigenvalue weighted by atomic mass is 127. The van der Waals surface area contributed by atoms with Crippen molar-refractivity contribution in [2.24, 2.45) is 0 Å². The summed E-state index contributed by atoms with van der Waals surface area (Å²) < 4.78 is 39.0. The first-order valence-corrected chi connectivity index (χ1v) is 7.43. The Morgan fingerprint density at radius 2 is 2.05 bits per heavy atom. The highest BCUT2D eigenvalue weighted by Crippen LogP contribution is 2.31. The maximum atomic E-state index is 12.7. The Labute approximate surface area is 134 Å². The van der Waals surface area contributed by atoms with Gasteiger partial charge >= 0.3 is 6.18 Å². The monoisotopic (exact) mass is 407 g/mol.